The molecule has 2 N–H and O–H groups in total. The Labute approximate surface area is 197 Å². The highest BCUT2D eigenvalue weighted by atomic mass is 19.4. The number of fused-ring (bicyclic) bond motifs is 1. The normalized spacial score (nSPS) is 13.6. The number of hydrogen-bond acceptors (Lipinski definition) is 1. The first-order valence-corrected chi connectivity index (χ1v) is 11.4. The molecule has 1 heterocycles. The molecule has 0 spiro atoms. The van der Waals surface area contributed by atoms with Crippen LogP contribution < -0.4 is 5.32 Å². The quantitative estimate of drug-likeness (QED) is 0.300. The van der Waals surface area contributed by atoms with E-state index in [1.165, 1.54) is 12.1 Å². The van der Waals surface area contributed by atoms with Crippen molar-refractivity contribution in [1.29, 1.82) is 0 Å². The number of carbonyl (C=O) groups excluding carboxylic acids is 1. The van der Waals surface area contributed by atoms with Gasteiger partial charge >= 0.3 is 6.18 Å². The van der Waals surface area contributed by atoms with Crippen molar-refractivity contribution in [1.82, 2.24) is 10.3 Å². The fourth-order valence-corrected chi connectivity index (χ4v) is 4.58. The molecular formula is C28H27F3N2O. The summed E-state index contributed by atoms with van der Waals surface area (Å²) >= 11 is 0. The van der Waals surface area contributed by atoms with Crippen LogP contribution >= 0.6 is 0 Å². The number of H-pyrrole nitrogens is 1. The molecule has 0 radical (unpaired) electrons. The van der Waals surface area contributed by atoms with Gasteiger partial charge in [-0.1, -0.05) is 73.7 Å². The topological polar surface area (TPSA) is 44.9 Å². The van der Waals surface area contributed by atoms with E-state index in [1.807, 2.05) is 62.4 Å². The van der Waals surface area contributed by atoms with Crippen molar-refractivity contribution in [2.24, 2.45) is 0 Å². The van der Waals surface area contributed by atoms with E-state index in [1.54, 1.807) is 12.3 Å². The maximum atomic E-state index is 13.9. The Bertz CT molecular complexity index is 1280. The molecule has 1 aromatic heterocycles. The summed E-state index contributed by atoms with van der Waals surface area (Å²) in [6.45, 7) is 3.90. The summed E-state index contributed by atoms with van der Waals surface area (Å²) in [5.41, 5.74) is 2.97. The highest BCUT2D eigenvalue weighted by Crippen LogP contribution is 2.41. The van der Waals surface area contributed by atoms with Gasteiger partial charge in [0.2, 0.25) is 5.91 Å². The van der Waals surface area contributed by atoms with Crippen LogP contribution in [0.2, 0.25) is 0 Å². The van der Waals surface area contributed by atoms with E-state index >= 15 is 0 Å². The zero-order valence-corrected chi connectivity index (χ0v) is 19.1. The summed E-state index contributed by atoms with van der Waals surface area (Å²) in [6, 6.07) is 20.6. The third kappa shape index (κ3) is 4.86. The standard InChI is InChI=1S/C28H27F3N2O/c1-3-19-12-9-14-22-24(17-32-27(19)22)23(21-13-7-8-15-25(21)28(29,30)31)16-26(34)33-18(2)20-10-5-4-6-11-20/h4-15,17-18,23,32H,3,16H2,1-2H3,(H,33,34)/t18-,23-/m1/s1. The summed E-state index contributed by atoms with van der Waals surface area (Å²) in [5, 5.41) is 3.79. The summed E-state index contributed by atoms with van der Waals surface area (Å²) in [5.74, 6) is -1.07. The zero-order chi connectivity index (χ0) is 24.3. The van der Waals surface area contributed by atoms with Gasteiger partial charge in [-0.05, 0) is 41.7 Å². The lowest BCUT2D eigenvalue weighted by Crippen LogP contribution is -2.28. The molecule has 0 bridgehead atoms. The van der Waals surface area contributed by atoms with E-state index in [-0.39, 0.29) is 23.9 Å². The van der Waals surface area contributed by atoms with Crippen LogP contribution in [0.5, 0.6) is 0 Å². The Morgan fingerprint density at radius 2 is 1.65 bits per heavy atom. The molecule has 34 heavy (non-hydrogen) atoms. The maximum absolute atomic E-state index is 13.9. The molecule has 0 saturated heterocycles. The minimum absolute atomic E-state index is 0.0975. The molecule has 176 valence electrons. The van der Waals surface area contributed by atoms with E-state index < -0.39 is 17.7 Å². The summed E-state index contributed by atoms with van der Waals surface area (Å²) in [6.07, 6.45) is -2.09. The molecule has 3 aromatic carbocycles. The number of nitrogens with one attached hydrogen (secondary N) is 2. The second-order valence-electron chi connectivity index (χ2n) is 8.48. The molecular weight excluding hydrogens is 437 g/mol. The molecule has 1 amide bonds. The SMILES string of the molecule is CCc1cccc2c([C@H](CC(=O)N[C@H](C)c3ccccc3)c3ccccc3C(F)(F)F)c[nH]c12. The van der Waals surface area contributed by atoms with Crippen molar-refractivity contribution in [3.05, 3.63) is 107 Å². The van der Waals surface area contributed by atoms with Gasteiger partial charge in [0.15, 0.2) is 0 Å². The van der Waals surface area contributed by atoms with Gasteiger partial charge in [-0.2, -0.15) is 13.2 Å². The van der Waals surface area contributed by atoms with Crippen LogP contribution in [0.4, 0.5) is 13.2 Å². The first-order valence-electron chi connectivity index (χ1n) is 11.4. The molecule has 0 saturated carbocycles. The van der Waals surface area contributed by atoms with Crippen LogP contribution in [0, 0.1) is 0 Å². The van der Waals surface area contributed by atoms with E-state index in [0.717, 1.165) is 34.5 Å². The number of benzene rings is 3. The molecule has 2 atom stereocenters. The van der Waals surface area contributed by atoms with Crippen molar-refractivity contribution in [2.75, 3.05) is 0 Å². The molecule has 0 aliphatic carbocycles. The van der Waals surface area contributed by atoms with Crippen molar-refractivity contribution in [3.8, 4) is 0 Å². The van der Waals surface area contributed by atoms with Gasteiger partial charge < -0.3 is 10.3 Å². The Morgan fingerprint density at radius 1 is 0.941 bits per heavy atom. The number of aromatic amines is 1. The molecule has 4 rings (SSSR count). The van der Waals surface area contributed by atoms with Gasteiger partial charge in [-0.15, -0.1) is 0 Å². The van der Waals surface area contributed by atoms with E-state index in [0.29, 0.717) is 5.56 Å². The highest BCUT2D eigenvalue weighted by molar-refractivity contribution is 5.88. The average molecular weight is 465 g/mol. The average Bonchev–Trinajstić information content (AvgIpc) is 3.26. The van der Waals surface area contributed by atoms with Gasteiger partial charge in [0, 0.05) is 29.4 Å². The highest BCUT2D eigenvalue weighted by Gasteiger charge is 2.36. The van der Waals surface area contributed by atoms with Crippen LogP contribution in [-0.4, -0.2) is 10.9 Å². The minimum atomic E-state index is -4.52. The van der Waals surface area contributed by atoms with Crippen LogP contribution in [0.25, 0.3) is 10.9 Å². The lowest BCUT2D eigenvalue weighted by molar-refractivity contribution is -0.138. The predicted molar refractivity (Wildman–Crippen MR) is 129 cm³/mol. The first kappa shape index (κ1) is 23.6. The largest absolute Gasteiger partial charge is 0.416 e. The maximum Gasteiger partial charge on any atom is 0.416 e. The number of para-hydroxylation sites is 1. The number of hydrogen-bond donors (Lipinski definition) is 2. The Morgan fingerprint density at radius 3 is 2.35 bits per heavy atom. The number of carbonyl (C=O) groups is 1. The molecule has 3 nitrogen and oxygen atoms in total. The van der Waals surface area contributed by atoms with Crippen LogP contribution in [0.1, 0.15) is 60.0 Å². The van der Waals surface area contributed by atoms with E-state index in [4.69, 9.17) is 0 Å². The molecule has 4 aromatic rings. The Kier molecular flexibility index (Phi) is 6.77. The first-order chi connectivity index (χ1) is 16.3. The molecule has 6 heteroatoms. The number of alkyl halides is 3. The molecule has 0 aliphatic heterocycles. The van der Waals surface area contributed by atoms with Crippen molar-refractivity contribution in [2.45, 2.75) is 44.8 Å². The van der Waals surface area contributed by atoms with Gasteiger partial charge in [0.25, 0.3) is 0 Å². The fourth-order valence-electron chi connectivity index (χ4n) is 4.58. The lowest BCUT2D eigenvalue weighted by Gasteiger charge is -2.23. The fraction of sp³-hybridized carbons (Fsp3) is 0.250. The third-order valence-corrected chi connectivity index (χ3v) is 6.30. The Balaban J connectivity index is 1.75. The van der Waals surface area contributed by atoms with Crippen LogP contribution in [0.15, 0.2) is 79.0 Å². The monoisotopic (exact) mass is 464 g/mol. The van der Waals surface area contributed by atoms with Gasteiger partial charge in [0.1, 0.15) is 0 Å². The summed E-state index contributed by atoms with van der Waals surface area (Å²) in [4.78, 5) is 16.4. The number of amides is 1. The number of aryl methyl sites for hydroxylation is 1. The number of rotatable bonds is 7. The van der Waals surface area contributed by atoms with Crippen molar-refractivity contribution in [3.63, 3.8) is 0 Å². The van der Waals surface area contributed by atoms with Gasteiger partial charge in [-0.25, -0.2) is 0 Å². The second kappa shape index (κ2) is 9.75. The van der Waals surface area contributed by atoms with E-state index in [2.05, 4.69) is 10.3 Å². The van der Waals surface area contributed by atoms with Gasteiger partial charge in [-0.3, -0.25) is 4.79 Å². The molecule has 0 fully saturated rings. The van der Waals surface area contributed by atoms with Gasteiger partial charge in [0.05, 0.1) is 11.6 Å². The second-order valence-corrected chi connectivity index (χ2v) is 8.48. The minimum Gasteiger partial charge on any atom is -0.361 e. The Hall–Kier alpha value is -3.54. The number of halogens is 3. The van der Waals surface area contributed by atoms with E-state index in [9.17, 15) is 18.0 Å². The van der Waals surface area contributed by atoms with Crippen LogP contribution in [-0.2, 0) is 17.4 Å². The van der Waals surface area contributed by atoms with Crippen molar-refractivity contribution >= 4 is 16.8 Å². The smallest absolute Gasteiger partial charge is 0.361 e. The summed E-state index contributed by atoms with van der Waals surface area (Å²) < 4.78 is 41.8. The van der Waals surface area contributed by atoms with Crippen molar-refractivity contribution < 1.29 is 18.0 Å². The predicted octanol–water partition coefficient (Wildman–Crippen LogP) is 7.15. The number of aromatic nitrogens is 1. The third-order valence-electron chi connectivity index (χ3n) is 6.30. The summed E-state index contributed by atoms with van der Waals surface area (Å²) in [7, 11) is 0. The zero-order valence-electron chi connectivity index (χ0n) is 19.1. The molecule has 0 aliphatic rings. The molecule has 0 unspecified atom stereocenters. The van der Waals surface area contributed by atoms with Crippen LogP contribution in [0.3, 0.4) is 0 Å². The lowest BCUT2D eigenvalue weighted by atomic mass is 9.84.